The number of rotatable bonds is 2. The predicted octanol–water partition coefficient (Wildman–Crippen LogP) is 4.05. The van der Waals surface area contributed by atoms with E-state index in [0.717, 1.165) is 4.47 Å². The zero-order valence-electron chi connectivity index (χ0n) is 9.57. The van der Waals surface area contributed by atoms with Crippen LogP contribution in [0.4, 0.5) is 8.78 Å². The molecule has 2 atom stereocenters. The second-order valence-electron chi connectivity index (χ2n) is 4.70. The standard InChI is InChI=1S/C13H13BrF2O2/c14-9-3-1-8(2-4-9)11-7-13(15,16)6-5-10(11)12(17)18/h1-4,10-11H,5-7H2,(H,17,18)/t10?,11-/m0/s1. The maximum absolute atomic E-state index is 13.5. The first-order chi connectivity index (χ1) is 8.39. The van der Waals surface area contributed by atoms with Crippen LogP contribution in [0.25, 0.3) is 0 Å². The Morgan fingerprint density at radius 3 is 2.50 bits per heavy atom. The minimum atomic E-state index is -2.76. The van der Waals surface area contributed by atoms with Crippen molar-refractivity contribution in [3.63, 3.8) is 0 Å². The molecule has 0 spiro atoms. The molecule has 18 heavy (non-hydrogen) atoms. The summed E-state index contributed by atoms with van der Waals surface area (Å²) in [4.78, 5) is 11.2. The Balaban J connectivity index is 2.30. The van der Waals surface area contributed by atoms with Gasteiger partial charge in [-0.25, -0.2) is 8.78 Å². The third-order valence-electron chi connectivity index (χ3n) is 3.44. The van der Waals surface area contributed by atoms with Crippen molar-refractivity contribution in [1.82, 2.24) is 0 Å². The molecule has 1 N–H and O–H groups in total. The van der Waals surface area contributed by atoms with Gasteiger partial charge in [0.05, 0.1) is 5.92 Å². The van der Waals surface area contributed by atoms with Crippen molar-refractivity contribution in [2.45, 2.75) is 31.1 Å². The smallest absolute Gasteiger partial charge is 0.307 e. The van der Waals surface area contributed by atoms with Gasteiger partial charge in [-0.1, -0.05) is 28.1 Å². The molecule has 1 aromatic carbocycles. The predicted molar refractivity (Wildman–Crippen MR) is 66.8 cm³/mol. The Morgan fingerprint density at radius 1 is 1.33 bits per heavy atom. The lowest BCUT2D eigenvalue weighted by Crippen LogP contribution is -2.35. The second-order valence-corrected chi connectivity index (χ2v) is 5.62. The van der Waals surface area contributed by atoms with Crippen molar-refractivity contribution >= 4 is 21.9 Å². The number of carboxylic acids is 1. The van der Waals surface area contributed by atoms with Crippen LogP contribution in [-0.2, 0) is 4.79 Å². The van der Waals surface area contributed by atoms with E-state index >= 15 is 0 Å². The van der Waals surface area contributed by atoms with Gasteiger partial charge in [-0.2, -0.15) is 0 Å². The largest absolute Gasteiger partial charge is 0.481 e. The van der Waals surface area contributed by atoms with Gasteiger partial charge in [0.25, 0.3) is 0 Å². The summed E-state index contributed by atoms with van der Waals surface area (Å²) in [6.07, 6.45) is -0.689. The van der Waals surface area contributed by atoms with Gasteiger partial charge in [-0.15, -0.1) is 0 Å². The van der Waals surface area contributed by atoms with E-state index in [4.69, 9.17) is 5.11 Å². The minimum absolute atomic E-state index is 0.0308. The van der Waals surface area contributed by atoms with Crippen LogP contribution in [0.15, 0.2) is 28.7 Å². The summed E-state index contributed by atoms with van der Waals surface area (Å²) < 4.78 is 27.8. The van der Waals surface area contributed by atoms with Crippen molar-refractivity contribution in [2.24, 2.45) is 5.92 Å². The third-order valence-corrected chi connectivity index (χ3v) is 3.97. The fourth-order valence-corrected chi connectivity index (χ4v) is 2.75. The quantitative estimate of drug-likeness (QED) is 0.893. The van der Waals surface area contributed by atoms with Crippen LogP contribution in [0.3, 0.4) is 0 Å². The van der Waals surface area contributed by atoms with E-state index in [0.29, 0.717) is 5.56 Å². The van der Waals surface area contributed by atoms with Crippen LogP contribution in [0.5, 0.6) is 0 Å². The summed E-state index contributed by atoms with van der Waals surface area (Å²) >= 11 is 3.27. The van der Waals surface area contributed by atoms with E-state index < -0.39 is 23.7 Å². The molecule has 2 rings (SSSR count). The van der Waals surface area contributed by atoms with Crippen molar-refractivity contribution < 1.29 is 18.7 Å². The van der Waals surface area contributed by atoms with Gasteiger partial charge in [-0.3, -0.25) is 4.79 Å². The Hall–Kier alpha value is -0.970. The molecule has 1 unspecified atom stereocenters. The molecule has 2 nitrogen and oxygen atoms in total. The zero-order valence-corrected chi connectivity index (χ0v) is 11.2. The molecule has 5 heteroatoms. The van der Waals surface area contributed by atoms with E-state index in [1.807, 2.05) is 0 Å². The third kappa shape index (κ3) is 2.88. The van der Waals surface area contributed by atoms with Crippen LogP contribution in [0, 0.1) is 5.92 Å². The van der Waals surface area contributed by atoms with Crippen LogP contribution in [-0.4, -0.2) is 17.0 Å². The van der Waals surface area contributed by atoms with Gasteiger partial charge in [0.2, 0.25) is 5.92 Å². The van der Waals surface area contributed by atoms with Crippen LogP contribution >= 0.6 is 15.9 Å². The molecule has 0 bridgehead atoms. The lowest BCUT2D eigenvalue weighted by atomic mass is 9.74. The average Bonchev–Trinajstić information content (AvgIpc) is 2.28. The summed E-state index contributed by atoms with van der Waals surface area (Å²) in [6.45, 7) is 0. The summed E-state index contributed by atoms with van der Waals surface area (Å²) in [6, 6.07) is 6.93. The Bertz CT molecular complexity index is 445. The lowest BCUT2D eigenvalue weighted by Gasteiger charge is -2.34. The van der Waals surface area contributed by atoms with Gasteiger partial charge in [0.15, 0.2) is 0 Å². The maximum atomic E-state index is 13.5. The lowest BCUT2D eigenvalue weighted by molar-refractivity contribution is -0.147. The normalized spacial score (nSPS) is 26.8. The Kier molecular flexibility index (Phi) is 3.71. The molecule has 0 aliphatic heterocycles. The SMILES string of the molecule is O=C(O)C1CCC(F)(F)C[C@H]1c1ccc(Br)cc1. The molecule has 0 amide bonds. The summed E-state index contributed by atoms with van der Waals surface area (Å²) in [5, 5.41) is 9.14. The van der Waals surface area contributed by atoms with Crippen molar-refractivity contribution in [3.05, 3.63) is 34.3 Å². The van der Waals surface area contributed by atoms with Crippen molar-refractivity contribution in [2.75, 3.05) is 0 Å². The highest BCUT2D eigenvalue weighted by Gasteiger charge is 2.44. The maximum Gasteiger partial charge on any atom is 0.307 e. The van der Waals surface area contributed by atoms with Gasteiger partial charge in [0, 0.05) is 23.2 Å². The van der Waals surface area contributed by atoms with Gasteiger partial charge < -0.3 is 5.11 Å². The highest BCUT2D eigenvalue weighted by Crippen LogP contribution is 2.45. The van der Waals surface area contributed by atoms with E-state index in [-0.39, 0.29) is 19.3 Å². The van der Waals surface area contributed by atoms with Gasteiger partial charge in [0.1, 0.15) is 0 Å². The molecule has 0 saturated heterocycles. The molecule has 0 heterocycles. The summed E-state index contributed by atoms with van der Waals surface area (Å²) in [5.41, 5.74) is 0.671. The number of hydrogen-bond acceptors (Lipinski definition) is 1. The van der Waals surface area contributed by atoms with E-state index in [2.05, 4.69) is 15.9 Å². The number of carbonyl (C=O) groups is 1. The molecule has 1 aliphatic rings. The van der Waals surface area contributed by atoms with Gasteiger partial charge >= 0.3 is 5.97 Å². The zero-order chi connectivity index (χ0) is 13.3. The second kappa shape index (κ2) is 4.96. The molecule has 0 aromatic heterocycles. The fourth-order valence-electron chi connectivity index (χ4n) is 2.49. The first kappa shape index (κ1) is 13.5. The first-order valence-electron chi connectivity index (χ1n) is 5.75. The van der Waals surface area contributed by atoms with E-state index in [1.54, 1.807) is 24.3 Å². The minimum Gasteiger partial charge on any atom is -0.481 e. The Labute approximate surface area is 112 Å². The monoisotopic (exact) mass is 318 g/mol. The molecule has 0 radical (unpaired) electrons. The number of alkyl halides is 2. The number of halogens is 3. The topological polar surface area (TPSA) is 37.3 Å². The highest BCUT2D eigenvalue weighted by molar-refractivity contribution is 9.10. The molecule has 1 fully saturated rings. The van der Waals surface area contributed by atoms with Crippen molar-refractivity contribution in [1.29, 1.82) is 0 Å². The van der Waals surface area contributed by atoms with Crippen molar-refractivity contribution in [3.8, 4) is 0 Å². The summed E-state index contributed by atoms with van der Waals surface area (Å²) in [5.74, 6) is -5.08. The van der Waals surface area contributed by atoms with Crippen LogP contribution in [0.1, 0.15) is 30.7 Å². The molecule has 1 saturated carbocycles. The molecule has 1 aliphatic carbocycles. The number of benzene rings is 1. The first-order valence-corrected chi connectivity index (χ1v) is 6.54. The molecule has 98 valence electrons. The van der Waals surface area contributed by atoms with Gasteiger partial charge in [-0.05, 0) is 24.1 Å². The Morgan fingerprint density at radius 2 is 1.94 bits per heavy atom. The average molecular weight is 319 g/mol. The van der Waals surface area contributed by atoms with Crippen LogP contribution < -0.4 is 0 Å². The number of carboxylic acid groups (broad SMARTS) is 1. The molecular weight excluding hydrogens is 306 g/mol. The number of hydrogen-bond donors (Lipinski definition) is 1. The fraction of sp³-hybridized carbons (Fsp3) is 0.462. The summed E-state index contributed by atoms with van der Waals surface area (Å²) in [7, 11) is 0. The van der Waals surface area contributed by atoms with E-state index in [9.17, 15) is 13.6 Å². The van der Waals surface area contributed by atoms with Crippen LogP contribution in [0.2, 0.25) is 0 Å². The highest BCUT2D eigenvalue weighted by atomic mass is 79.9. The molecule has 1 aromatic rings. The molecular formula is C13H13BrF2O2. The number of aliphatic carboxylic acids is 1. The van der Waals surface area contributed by atoms with E-state index in [1.165, 1.54) is 0 Å².